The summed E-state index contributed by atoms with van der Waals surface area (Å²) in [7, 11) is -3.66. The molecule has 6 nitrogen and oxygen atoms in total. The van der Waals surface area contributed by atoms with E-state index < -0.39 is 16.0 Å². The quantitative estimate of drug-likeness (QED) is 0.851. The Bertz CT molecular complexity index is 559. The van der Waals surface area contributed by atoms with Crippen LogP contribution in [-0.4, -0.2) is 38.7 Å². The molecule has 1 aliphatic heterocycles. The number of nitrogens with one attached hydrogen (secondary N) is 1. The van der Waals surface area contributed by atoms with Gasteiger partial charge in [0.25, 0.3) is 0 Å². The van der Waals surface area contributed by atoms with E-state index in [0.717, 1.165) is 17.8 Å². The van der Waals surface area contributed by atoms with Gasteiger partial charge in [-0.3, -0.25) is 0 Å². The van der Waals surface area contributed by atoms with Crippen molar-refractivity contribution in [1.82, 2.24) is 4.72 Å². The fourth-order valence-corrected chi connectivity index (χ4v) is 4.40. The summed E-state index contributed by atoms with van der Waals surface area (Å²) >= 11 is 0.907. The first kappa shape index (κ1) is 14.4. The van der Waals surface area contributed by atoms with Crippen molar-refractivity contribution in [2.24, 2.45) is 5.92 Å². The Kier molecular flexibility index (Phi) is 4.24. The van der Waals surface area contributed by atoms with Crippen molar-refractivity contribution >= 4 is 27.3 Å². The fourth-order valence-electron chi connectivity index (χ4n) is 1.92. The Hall–Kier alpha value is -0.960. The minimum absolute atomic E-state index is 0.0118. The highest BCUT2D eigenvalue weighted by atomic mass is 32.2. The monoisotopic (exact) mass is 305 g/mol. The van der Waals surface area contributed by atoms with Gasteiger partial charge in [-0.2, -0.15) is 0 Å². The lowest BCUT2D eigenvalue weighted by Gasteiger charge is -2.18. The second-order valence-corrected chi connectivity index (χ2v) is 7.35. The molecule has 2 atom stereocenters. The first-order chi connectivity index (χ1) is 8.90. The van der Waals surface area contributed by atoms with Crippen LogP contribution in [0.25, 0.3) is 0 Å². The molecule has 0 saturated carbocycles. The van der Waals surface area contributed by atoms with Gasteiger partial charge in [-0.15, -0.1) is 11.3 Å². The minimum Gasteiger partial charge on any atom is -0.478 e. The number of thiophene rings is 1. The van der Waals surface area contributed by atoms with Crippen molar-refractivity contribution in [3.63, 3.8) is 0 Å². The summed E-state index contributed by atoms with van der Waals surface area (Å²) in [5.41, 5.74) is -0.0118. The second-order valence-electron chi connectivity index (χ2n) is 4.49. The molecule has 19 heavy (non-hydrogen) atoms. The number of ether oxygens (including phenoxy) is 1. The third kappa shape index (κ3) is 3.33. The molecule has 0 bridgehead atoms. The molecular weight excluding hydrogens is 290 g/mol. The van der Waals surface area contributed by atoms with Crippen LogP contribution in [0.3, 0.4) is 0 Å². The van der Waals surface area contributed by atoms with E-state index in [1.165, 1.54) is 11.4 Å². The van der Waals surface area contributed by atoms with Crippen LogP contribution in [0, 0.1) is 5.92 Å². The summed E-state index contributed by atoms with van der Waals surface area (Å²) in [5.74, 6) is -0.969. The van der Waals surface area contributed by atoms with Gasteiger partial charge in [-0.1, -0.05) is 0 Å². The van der Waals surface area contributed by atoms with Crippen LogP contribution in [0.4, 0.5) is 0 Å². The molecule has 0 aliphatic carbocycles. The van der Waals surface area contributed by atoms with Crippen molar-refractivity contribution in [3.8, 4) is 0 Å². The minimum atomic E-state index is -3.66. The summed E-state index contributed by atoms with van der Waals surface area (Å²) in [5, 5.41) is 10.1. The number of aromatic carboxylic acids is 1. The van der Waals surface area contributed by atoms with Gasteiger partial charge in [0.15, 0.2) is 0 Å². The molecule has 1 aliphatic rings. The number of carboxylic acids is 1. The van der Waals surface area contributed by atoms with E-state index >= 15 is 0 Å². The van der Waals surface area contributed by atoms with Crippen LogP contribution in [0.5, 0.6) is 0 Å². The number of carbonyl (C=O) groups is 1. The summed E-state index contributed by atoms with van der Waals surface area (Å²) in [6.07, 6.45) is 0.828. The average molecular weight is 305 g/mol. The first-order valence-electron chi connectivity index (χ1n) is 5.82. The van der Waals surface area contributed by atoms with Gasteiger partial charge in [0, 0.05) is 23.9 Å². The lowest BCUT2D eigenvalue weighted by molar-refractivity contribution is 0.0697. The summed E-state index contributed by atoms with van der Waals surface area (Å²) in [4.78, 5) is 10.7. The van der Waals surface area contributed by atoms with Crippen molar-refractivity contribution < 1.29 is 23.1 Å². The zero-order valence-corrected chi connectivity index (χ0v) is 12.0. The van der Waals surface area contributed by atoms with Gasteiger partial charge in [0.05, 0.1) is 12.2 Å². The van der Waals surface area contributed by atoms with E-state index in [9.17, 15) is 13.2 Å². The number of hydrogen-bond donors (Lipinski definition) is 2. The zero-order chi connectivity index (χ0) is 14.0. The molecule has 0 radical (unpaired) electrons. The van der Waals surface area contributed by atoms with Crippen molar-refractivity contribution in [3.05, 3.63) is 17.0 Å². The maximum absolute atomic E-state index is 12.1. The molecule has 2 heterocycles. The molecule has 8 heteroatoms. The summed E-state index contributed by atoms with van der Waals surface area (Å²) in [6.45, 7) is 3.00. The van der Waals surface area contributed by atoms with Gasteiger partial charge in [0.2, 0.25) is 10.0 Å². The molecule has 2 rings (SSSR count). The van der Waals surface area contributed by atoms with E-state index in [1.54, 1.807) is 6.92 Å². The molecule has 2 N–H and O–H groups in total. The van der Waals surface area contributed by atoms with Gasteiger partial charge in [0.1, 0.15) is 4.21 Å². The standard InChI is InChI=1S/C11H15NO5S2/c1-7(8-2-3-17-5-8)12-19(15,16)10-4-9(6-18-10)11(13)14/h4,6-8,12H,2-3,5H2,1H3,(H,13,14). The molecule has 0 amide bonds. The molecule has 0 aromatic carbocycles. The van der Waals surface area contributed by atoms with Crippen LogP contribution in [0.2, 0.25) is 0 Å². The van der Waals surface area contributed by atoms with E-state index in [-0.39, 0.29) is 21.7 Å². The highest BCUT2D eigenvalue weighted by Gasteiger charge is 2.27. The largest absolute Gasteiger partial charge is 0.478 e. The molecule has 1 fully saturated rings. The maximum Gasteiger partial charge on any atom is 0.336 e. The highest BCUT2D eigenvalue weighted by Crippen LogP contribution is 2.23. The van der Waals surface area contributed by atoms with Crippen LogP contribution in [0.15, 0.2) is 15.7 Å². The zero-order valence-electron chi connectivity index (χ0n) is 10.3. The SMILES string of the molecule is CC(NS(=O)(=O)c1cc(C(=O)O)cs1)C1CCOC1. The van der Waals surface area contributed by atoms with Crippen molar-refractivity contribution in [2.45, 2.75) is 23.6 Å². The van der Waals surface area contributed by atoms with Crippen LogP contribution in [0.1, 0.15) is 23.7 Å². The van der Waals surface area contributed by atoms with E-state index in [4.69, 9.17) is 9.84 Å². The number of carboxylic acid groups (broad SMARTS) is 1. The van der Waals surface area contributed by atoms with Gasteiger partial charge in [-0.05, 0) is 19.4 Å². The second kappa shape index (κ2) is 5.58. The highest BCUT2D eigenvalue weighted by molar-refractivity contribution is 7.91. The van der Waals surface area contributed by atoms with Crippen molar-refractivity contribution in [2.75, 3.05) is 13.2 Å². The Labute approximate surface area is 115 Å². The van der Waals surface area contributed by atoms with Crippen LogP contribution in [-0.2, 0) is 14.8 Å². The molecule has 106 valence electrons. The third-order valence-corrected chi connectivity index (χ3v) is 6.10. The van der Waals surface area contributed by atoms with Crippen LogP contribution >= 0.6 is 11.3 Å². The van der Waals surface area contributed by atoms with Gasteiger partial charge < -0.3 is 9.84 Å². The molecule has 1 aromatic rings. The van der Waals surface area contributed by atoms with Crippen molar-refractivity contribution in [1.29, 1.82) is 0 Å². The third-order valence-electron chi connectivity index (χ3n) is 3.10. The predicted octanol–water partition coefficient (Wildman–Crippen LogP) is 1.15. The Morgan fingerprint density at radius 3 is 2.89 bits per heavy atom. The van der Waals surface area contributed by atoms with Gasteiger partial charge in [-0.25, -0.2) is 17.9 Å². The Morgan fingerprint density at radius 2 is 2.37 bits per heavy atom. The molecule has 2 unspecified atom stereocenters. The lowest BCUT2D eigenvalue weighted by Crippen LogP contribution is -2.38. The van der Waals surface area contributed by atoms with Crippen LogP contribution < -0.4 is 4.72 Å². The number of hydrogen-bond acceptors (Lipinski definition) is 5. The lowest BCUT2D eigenvalue weighted by atomic mass is 10.0. The molecule has 1 aromatic heterocycles. The first-order valence-corrected chi connectivity index (χ1v) is 8.18. The average Bonchev–Trinajstić information content (AvgIpc) is 3.00. The van der Waals surface area contributed by atoms with E-state index in [1.807, 2.05) is 0 Å². The fraction of sp³-hybridized carbons (Fsp3) is 0.545. The Morgan fingerprint density at radius 1 is 1.63 bits per heavy atom. The predicted molar refractivity (Wildman–Crippen MR) is 70.0 cm³/mol. The summed E-state index contributed by atoms with van der Waals surface area (Å²) in [6, 6.07) is 0.940. The van der Waals surface area contributed by atoms with E-state index in [2.05, 4.69) is 4.72 Å². The smallest absolute Gasteiger partial charge is 0.336 e. The normalized spacial score (nSPS) is 21.4. The topological polar surface area (TPSA) is 92.7 Å². The number of sulfonamides is 1. The Balaban J connectivity index is 2.10. The van der Waals surface area contributed by atoms with Gasteiger partial charge >= 0.3 is 5.97 Å². The summed E-state index contributed by atoms with van der Waals surface area (Å²) < 4.78 is 32.0. The van der Waals surface area contributed by atoms with E-state index in [0.29, 0.717) is 13.2 Å². The molecule has 1 saturated heterocycles. The maximum atomic E-state index is 12.1. The molecular formula is C11H15NO5S2. The molecule has 0 spiro atoms. The number of rotatable bonds is 5.